The summed E-state index contributed by atoms with van der Waals surface area (Å²) >= 11 is 5.87. The number of piperidine rings is 1. The Morgan fingerprint density at radius 1 is 1.26 bits per heavy atom. The molecule has 2 saturated heterocycles. The van der Waals surface area contributed by atoms with Crippen LogP contribution < -0.4 is 5.32 Å². The Hall–Kier alpha value is -2.71. The second-order valence-electron chi connectivity index (χ2n) is 8.52. The molecule has 184 valence electrons. The number of carbonyl (C=O) groups excluding carboxylic acids is 2. The molecule has 2 aliphatic rings. The zero-order chi connectivity index (χ0) is 24.8. The number of likely N-dealkylation sites (tertiary alicyclic amines) is 1. The first-order valence-corrected chi connectivity index (χ1v) is 11.7. The summed E-state index contributed by atoms with van der Waals surface area (Å²) < 4.78 is 32.5. The van der Waals surface area contributed by atoms with Crippen molar-refractivity contribution < 1.29 is 23.1 Å². The molecule has 0 bridgehead atoms. The van der Waals surface area contributed by atoms with E-state index in [2.05, 4.69) is 18.5 Å². The molecule has 34 heavy (non-hydrogen) atoms. The Bertz CT molecular complexity index is 978. The molecule has 1 aromatic carbocycles. The van der Waals surface area contributed by atoms with E-state index in [9.17, 15) is 18.4 Å². The van der Waals surface area contributed by atoms with E-state index in [1.54, 1.807) is 17.9 Å². The van der Waals surface area contributed by atoms with Gasteiger partial charge in [0.15, 0.2) is 0 Å². The van der Waals surface area contributed by atoms with Gasteiger partial charge in [-0.15, -0.1) is 0 Å². The van der Waals surface area contributed by atoms with Gasteiger partial charge < -0.3 is 19.9 Å². The quantitative estimate of drug-likeness (QED) is 0.438. The zero-order valence-corrected chi connectivity index (χ0v) is 20.0. The number of nitrogens with one attached hydrogen (secondary N) is 1. The summed E-state index contributed by atoms with van der Waals surface area (Å²) in [7, 11) is 0. The van der Waals surface area contributed by atoms with Gasteiger partial charge in [0, 0.05) is 31.5 Å². The van der Waals surface area contributed by atoms with Crippen LogP contribution in [-0.2, 0) is 9.53 Å². The lowest BCUT2D eigenvalue weighted by molar-refractivity contribution is -0.135. The maximum absolute atomic E-state index is 14.3. The van der Waals surface area contributed by atoms with Gasteiger partial charge in [0.1, 0.15) is 17.4 Å². The van der Waals surface area contributed by atoms with Crippen molar-refractivity contribution in [2.45, 2.75) is 31.7 Å². The smallest absolute Gasteiger partial charge is 0.411 e. The number of rotatable bonds is 7. The predicted octanol–water partition coefficient (Wildman–Crippen LogP) is 4.78. The molecule has 0 aliphatic carbocycles. The van der Waals surface area contributed by atoms with Gasteiger partial charge in [-0.1, -0.05) is 30.8 Å². The van der Waals surface area contributed by atoms with Crippen molar-refractivity contribution in [1.82, 2.24) is 15.1 Å². The van der Waals surface area contributed by atoms with Crippen LogP contribution in [-0.4, -0.2) is 60.6 Å². The molecule has 2 amide bonds. The van der Waals surface area contributed by atoms with Gasteiger partial charge in [0.25, 0.3) is 0 Å². The molecule has 1 N–H and O–H groups in total. The predicted molar refractivity (Wildman–Crippen MR) is 128 cm³/mol. The summed E-state index contributed by atoms with van der Waals surface area (Å²) in [5, 5.41) is 3.26. The van der Waals surface area contributed by atoms with Crippen molar-refractivity contribution >= 4 is 23.6 Å². The zero-order valence-electron chi connectivity index (χ0n) is 19.2. The average molecular weight is 494 g/mol. The molecule has 2 atom stereocenters. The number of hydrogen-bond donors (Lipinski definition) is 1. The minimum atomic E-state index is -0.697. The third-order valence-corrected chi connectivity index (χ3v) is 6.61. The van der Waals surface area contributed by atoms with E-state index >= 15 is 0 Å². The molecule has 2 heterocycles. The van der Waals surface area contributed by atoms with Gasteiger partial charge in [0.05, 0.1) is 11.1 Å². The number of halogens is 3. The summed E-state index contributed by atoms with van der Waals surface area (Å²) in [6.07, 6.45) is 3.08. The Kier molecular flexibility index (Phi) is 8.85. The first-order chi connectivity index (χ1) is 16.2. The van der Waals surface area contributed by atoms with E-state index in [-0.39, 0.29) is 35.1 Å². The fourth-order valence-corrected chi connectivity index (χ4v) is 4.68. The van der Waals surface area contributed by atoms with Crippen LogP contribution in [0, 0.1) is 11.7 Å². The van der Waals surface area contributed by atoms with Crippen LogP contribution in [0.3, 0.4) is 0 Å². The fraction of sp³-hybridized carbons (Fsp3) is 0.440. The number of allylic oxidation sites excluding steroid dienone is 3. The lowest BCUT2D eigenvalue weighted by Crippen LogP contribution is -2.45. The molecule has 0 aromatic heterocycles. The first kappa shape index (κ1) is 25.9. The molecule has 0 saturated carbocycles. The van der Waals surface area contributed by atoms with E-state index in [0.29, 0.717) is 18.7 Å². The molecule has 6 nitrogen and oxygen atoms in total. The SMILES string of the molecule is C=C(F)/C=C\C(=C)OC(=O)N(CC)[C@@H]1CN(C(=O)C2CCNCC2)C[C@H]1c1ccc(Cl)c(F)c1. The molecular weight excluding hydrogens is 464 g/mol. The summed E-state index contributed by atoms with van der Waals surface area (Å²) in [5.41, 5.74) is 0.645. The number of carbonyl (C=O) groups is 2. The maximum Gasteiger partial charge on any atom is 0.415 e. The number of benzene rings is 1. The summed E-state index contributed by atoms with van der Waals surface area (Å²) in [6.45, 7) is 11.0. The van der Waals surface area contributed by atoms with Crippen molar-refractivity contribution in [2.75, 3.05) is 32.7 Å². The van der Waals surface area contributed by atoms with E-state index in [1.165, 1.54) is 23.1 Å². The fourth-order valence-electron chi connectivity index (χ4n) is 4.57. The summed E-state index contributed by atoms with van der Waals surface area (Å²) in [6, 6.07) is 4.10. The van der Waals surface area contributed by atoms with Gasteiger partial charge in [0.2, 0.25) is 5.91 Å². The highest BCUT2D eigenvalue weighted by atomic mass is 35.5. The van der Waals surface area contributed by atoms with E-state index < -0.39 is 23.8 Å². The molecule has 1 aromatic rings. The van der Waals surface area contributed by atoms with E-state index in [0.717, 1.165) is 32.0 Å². The normalized spacial score (nSPS) is 21.0. The van der Waals surface area contributed by atoms with Gasteiger partial charge >= 0.3 is 6.09 Å². The monoisotopic (exact) mass is 493 g/mol. The van der Waals surface area contributed by atoms with Crippen molar-refractivity contribution in [3.8, 4) is 0 Å². The minimum Gasteiger partial charge on any atom is -0.411 e. The average Bonchev–Trinajstić information content (AvgIpc) is 3.25. The number of amides is 2. The summed E-state index contributed by atoms with van der Waals surface area (Å²) in [5.74, 6) is -1.67. The van der Waals surface area contributed by atoms with Gasteiger partial charge in [-0.2, -0.15) is 0 Å². The molecule has 2 aliphatic heterocycles. The highest BCUT2D eigenvalue weighted by Crippen LogP contribution is 2.34. The third kappa shape index (κ3) is 6.24. The highest BCUT2D eigenvalue weighted by Gasteiger charge is 2.43. The molecule has 0 radical (unpaired) electrons. The van der Waals surface area contributed by atoms with E-state index in [1.807, 2.05) is 0 Å². The molecule has 3 rings (SSSR count). The Morgan fingerprint density at radius 3 is 2.59 bits per heavy atom. The van der Waals surface area contributed by atoms with Crippen LogP contribution in [0.2, 0.25) is 5.02 Å². The van der Waals surface area contributed by atoms with Gasteiger partial charge in [-0.05, 0) is 62.7 Å². The van der Waals surface area contributed by atoms with Crippen LogP contribution in [0.25, 0.3) is 0 Å². The van der Waals surface area contributed by atoms with Crippen molar-refractivity contribution in [2.24, 2.45) is 5.92 Å². The maximum atomic E-state index is 14.3. The first-order valence-electron chi connectivity index (χ1n) is 11.4. The van der Waals surface area contributed by atoms with Crippen LogP contribution in [0.15, 0.2) is 55.1 Å². The van der Waals surface area contributed by atoms with E-state index in [4.69, 9.17) is 16.3 Å². The van der Waals surface area contributed by atoms with Crippen LogP contribution in [0.1, 0.15) is 31.2 Å². The third-order valence-electron chi connectivity index (χ3n) is 6.30. The Labute approximate surface area is 203 Å². The molecule has 0 spiro atoms. The van der Waals surface area contributed by atoms with Crippen LogP contribution in [0.5, 0.6) is 0 Å². The molecule has 9 heteroatoms. The number of hydrogen-bond acceptors (Lipinski definition) is 4. The molecule has 2 fully saturated rings. The standard InChI is InChI=1S/C25H30ClF2N3O3/c1-4-31(25(33)34-17(3)6-5-16(2)27)23-15-30(24(32)18-9-11-29-12-10-18)14-20(23)19-7-8-21(26)22(28)13-19/h5-8,13,18,20,23,29H,2-4,9-12,14-15H2,1H3/b6-5-/t20-,23+/m0/s1. The van der Waals surface area contributed by atoms with Crippen molar-refractivity contribution in [3.05, 3.63) is 71.5 Å². The Balaban J connectivity index is 1.85. The number of likely N-dealkylation sites (N-methyl/N-ethyl adjacent to an activating group) is 1. The largest absolute Gasteiger partial charge is 0.415 e. The lowest BCUT2D eigenvalue weighted by Gasteiger charge is -2.31. The second-order valence-corrected chi connectivity index (χ2v) is 8.92. The summed E-state index contributed by atoms with van der Waals surface area (Å²) in [4.78, 5) is 29.5. The molecular formula is C25H30ClF2N3O3. The van der Waals surface area contributed by atoms with Gasteiger partial charge in [-0.3, -0.25) is 4.79 Å². The Morgan fingerprint density at radius 2 is 1.97 bits per heavy atom. The number of ether oxygens (including phenoxy) is 1. The van der Waals surface area contributed by atoms with Crippen molar-refractivity contribution in [3.63, 3.8) is 0 Å². The number of nitrogens with zero attached hydrogens (tertiary/aromatic N) is 2. The lowest BCUT2D eigenvalue weighted by atomic mass is 9.93. The second kappa shape index (κ2) is 11.6. The van der Waals surface area contributed by atoms with Gasteiger partial charge in [-0.25, -0.2) is 13.6 Å². The van der Waals surface area contributed by atoms with Crippen LogP contribution in [0.4, 0.5) is 13.6 Å². The topological polar surface area (TPSA) is 61.9 Å². The highest BCUT2D eigenvalue weighted by molar-refractivity contribution is 6.30. The molecule has 0 unspecified atom stereocenters. The van der Waals surface area contributed by atoms with Crippen LogP contribution >= 0.6 is 11.6 Å². The van der Waals surface area contributed by atoms with Crippen molar-refractivity contribution in [1.29, 1.82) is 0 Å². The minimum absolute atomic E-state index is 0.00484.